The highest BCUT2D eigenvalue weighted by Gasteiger charge is 2.18. The molecule has 2 rings (SSSR count). The summed E-state index contributed by atoms with van der Waals surface area (Å²) in [6, 6.07) is 5.52. The first-order valence-electron chi connectivity index (χ1n) is 8.56. The Hall–Kier alpha value is -1.95. The first-order chi connectivity index (χ1) is 11.7. The number of alkyl carbamates (subject to hydrolysis) is 1. The van der Waals surface area contributed by atoms with Crippen molar-refractivity contribution >= 4 is 35.0 Å². The van der Waals surface area contributed by atoms with Crippen LogP contribution in [0.15, 0.2) is 18.2 Å². The SMILES string of the molecule is CC(C)(C)OC(=O)NCCC(=O)Nc1cc(Cl)ccc1N1CCCC1. The maximum absolute atomic E-state index is 12.2. The number of nitrogens with one attached hydrogen (secondary N) is 2. The molecule has 2 amide bonds. The Bertz CT molecular complexity index is 622. The van der Waals surface area contributed by atoms with E-state index < -0.39 is 11.7 Å². The minimum atomic E-state index is -0.558. The molecule has 1 heterocycles. The summed E-state index contributed by atoms with van der Waals surface area (Å²) >= 11 is 6.07. The number of nitrogens with zero attached hydrogens (tertiary/aromatic N) is 1. The zero-order chi connectivity index (χ0) is 18.4. The number of rotatable bonds is 5. The zero-order valence-electron chi connectivity index (χ0n) is 15.0. The molecule has 0 bridgehead atoms. The van der Waals surface area contributed by atoms with E-state index in [4.69, 9.17) is 16.3 Å². The van der Waals surface area contributed by atoms with E-state index in [1.807, 2.05) is 12.1 Å². The quantitative estimate of drug-likeness (QED) is 0.830. The van der Waals surface area contributed by atoms with Crippen LogP contribution in [0.1, 0.15) is 40.0 Å². The summed E-state index contributed by atoms with van der Waals surface area (Å²) in [5.74, 6) is -0.182. The second-order valence-electron chi connectivity index (χ2n) is 7.08. The molecule has 0 radical (unpaired) electrons. The third-order valence-corrected chi connectivity index (χ3v) is 3.93. The molecule has 0 aromatic heterocycles. The van der Waals surface area contributed by atoms with Gasteiger partial charge in [0.2, 0.25) is 5.91 Å². The van der Waals surface area contributed by atoms with Crippen molar-refractivity contribution in [1.29, 1.82) is 0 Å². The molecule has 0 aliphatic carbocycles. The minimum Gasteiger partial charge on any atom is -0.444 e. The molecule has 7 heteroatoms. The van der Waals surface area contributed by atoms with Crippen LogP contribution in [0.5, 0.6) is 0 Å². The lowest BCUT2D eigenvalue weighted by molar-refractivity contribution is -0.116. The second-order valence-corrected chi connectivity index (χ2v) is 7.52. The van der Waals surface area contributed by atoms with Gasteiger partial charge in [0.15, 0.2) is 0 Å². The van der Waals surface area contributed by atoms with Crippen LogP contribution in [0.3, 0.4) is 0 Å². The van der Waals surface area contributed by atoms with Crippen molar-refractivity contribution in [2.75, 3.05) is 29.9 Å². The van der Waals surface area contributed by atoms with Gasteiger partial charge in [0.05, 0.1) is 11.4 Å². The first kappa shape index (κ1) is 19.4. The van der Waals surface area contributed by atoms with E-state index in [1.165, 1.54) is 0 Å². The summed E-state index contributed by atoms with van der Waals surface area (Å²) in [4.78, 5) is 26.0. The summed E-state index contributed by atoms with van der Waals surface area (Å²) in [7, 11) is 0. The summed E-state index contributed by atoms with van der Waals surface area (Å²) in [5, 5.41) is 6.05. The Morgan fingerprint density at radius 1 is 1.24 bits per heavy atom. The van der Waals surface area contributed by atoms with Gasteiger partial charge in [-0.15, -0.1) is 0 Å². The highest BCUT2D eigenvalue weighted by atomic mass is 35.5. The largest absolute Gasteiger partial charge is 0.444 e. The van der Waals surface area contributed by atoms with Crippen molar-refractivity contribution in [2.45, 2.75) is 45.6 Å². The van der Waals surface area contributed by atoms with Crippen LogP contribution >= 0.6 is 11.6 Å². The fourth-order valence-electron chi connectivity index (χ4n) is 2.65. The van der Waals surface area contributed by atoms with E-state index in [-0.39, 0.29) is 18.9 Å². The van der Waals surface area contributed by atoms with Gasteiger partial charge in [-0.25, -0.2) is 4.79 Å². The lowest BCUT2D eigenvalue weighted by Crippen LogP contribution is -2.34. The predicted octanol–water partition coefficient (Wildman–Crippen LogP) is 3.79. The van der Waals surface area contributed by atoms with Crippen LogP contribution in [0.2, 0.25) is 5.02 Å². The molecular formula is C18H26ClN3O3. The van der Waals surface area contributed by atoms with Gasteiger partial charge in [0, 0.05) is 31.1 Å². The van der Waals surface area contributed by atoms with Gasteiger partial charge in [-0.05, 0) is 51.8 Å². The molecule has 1 aromatic carbocycles. The number of benzene rings is 1. The lowest BCUT2D eigenvalue weighted by atomic mass is 10.2. The fraction of sp³-hybridized carbons (Fsp3) is 0.556. The highest BCUT2D eigenvalue weighted by molar-refractivity contribution is 6.31. The molecule has 0 unspecified atom stereocenters. The van der Waals surface area contributed by atoms with Crippen molar-refractivity contribution in [1.82, 2.24) is 5.32 Å². The van der Waals surface area contributed by atoms with Crippen molar-refractivity contribution in [3.05, 3.63) is 23.2 Å². The normalized spacial score (nSPS) is 14.3. The molecule has 1 aliphatic rings. The molecule has 1 saturated heterocycles. The molecule has 0 saturated carbocycles. The molecule has 138 valence electrons. The second kappa shape index (κ2) is 8.43. The number of carbonyl (C=O) groups is 2. The van der Waals surface area contributed by atoms with Crippen LogP contribution in [-0.4, -0.2) is 37.2 Å². The molecule has 0 atom stereocenters. The van der Waals surface area contributed by atoms with Gasteiger partial charge in [0.1, 0.15) is 5.60 Å². The Kier molecular flexibility index (Phi) is 6.53. The molecule has 1 aliphatic heterocycles. The van der Waals surface area contributed by atoms with Gasteiger partial charge < -0.3 is 20.3 Å². The van der Waals surface area contributed by atoms with Crippen LogP contribution in [0, 0.1) is 0 Å². The van der Waals surface area contributed by atoms with Gasteiger partial charge in [-0.1, -0.05) is 11.6 Å². The molecule has 1 fully saturated rings. The van der Waals surface area contributed by atoms with Crippen LogP contribution < -0.4 is 15.5 Å². The van der Waals surface area contributed by atoms with Crippen LogP contribution in [0.4, 0.5) is 16.2 Å². The van der Waals surface area contributed by atoms with Gasteiger partial charge in [0.25, 0.3) is 0 Å². The third kappa shape index (κ3) is 6.46. The average Bonchev–Trinajstić information content (AvgIpc) is 2.99. The number of hydrogen-bond donors (Lipinski definition) is 2. The third-order valence-electron chi connectivity index (χ3n) is 3.70. The van der Waals surface area contributed by atoms with Crippen molar-refractivity contribution in [3.63, 3.8) is 0 Å². The Labute approximate surface area is 153 Å². The number of anilines is 2. The monoisotopic (exact) mass is 367 g/mol. The van der Waals surface area contributed by atoms with E-state index >= 15 is 0 Å². The number of ether oxygens (including phenoxy) is 1. The lowest BCUT2D eigenvalue weighted by Gasteiger charge is -2.22. The maximum atomic E-state index is 12.2. The first-order valence-corrected chi connectivity index (χ1v) is 8.93. The molecule has 1 aromatic rings. The molecule has 0 spiro atoms. The smallest absolute Gasteiger partial charge is 0.407 e. The molecule has 25 heavy (non-hydrogen) atoms. The van der Waals surface area contributed by atoms with Crippen molar-refractivity contribution in [3.8, 4) is 0 Å². The minimum absolute atomic E-state index is 0.158. The standard InChI is InChI=1S/C18H26ClN3O3/c1-18(2,3)25-17(24)20-9-8-16(23)21-14-12-13(19)6-7-15(14)22-10-4-5-11-22/h6-7,12H,4-5,8-11H2,1-3H3,(H,20,24)(H,21,23). The highest BCUT2D eigenvalue weighted by Crippen LogP contribution is 2.31. The topological polar surface area (TPSA) is 70.7 Å². The average molecular weight is 368 g/mol. The Morgan fingerprint density at radius 3 is 2.56 bits per heavy atom. The number of halogens is 1. The summed E-state index contributed by atoms with van der Waals surface area (Å²) in [5.41, 5.74) is 1.13. The fourth-order valence-corrected chi connectivity index (χ4v) is 2.82. The van der Waals surface area contributed by atoms with Gasteiger partial charge in [-0.3, -0.25) is 4.79 Å². The van der Waals surface area contributed by atoms with Gasteiger partial charge >= 0.3 is 6.09 Å². The van der Waals surface area contributed by atoms with Crippen molar-refractivity contribution < 1.29 is 14.3 Å². The van der Waals surface area contributed by atoms with E-state index in [1.54, 1.807) is 26.8 Å². The van der Waals surface area contributed by atoms with E-state index in [2.05, 4.69) is 15.5 Å². The van der Waals surface area contributed by atoms with Crippen LogP contribution in [-0.2, 0) is 9.53 Å². The Morgan fingerprint density at radius 2 is 1.92 bits per heavy atom. The predicted molar refractivity (Wildman–Crippen MR) is 100 cm³/mol. The van der Waals surface area contributed by atoms with E-state index in [9.17, 15) is 9.59 Å². The van der Waals surface area contributed by atoms with Gasteiger partial charge in [-0.2, -0.15) is 0 Å². The summed E-state index contributed by atoms with van der Waals surface area (Å²) in [6.07, 6.45) is 1.93. The number of hydrogen-bond acceptors (Lipinski definition) is 4. The van der Waals surface area contributed by atoms with Crippen molar-refractivity contribution in [2.24, 2.45) is 0 Å². The summed E-state index contributed by atoms with van der Waals surface area (Å²) in [6.45, 7) is 7.53. The molecule has 2 N–H and O–H groups in total. The maximum Gasteiger partial charge on any atom is 0.407 e. The molecular weight excluding hydrogens is 342 g/mol. The number of carbonyl (C=O) groups excluding carboxylic acids is 2. The van der Waals surface area contributed by atoms with E-state index in [0.717, 1.165) is 31.6 Å². The van der Waals surface area contributed by atoms with E-state index in [0.29, 0.717) is 10.7 Å². The molecule has 6 nitrogen and oxygen atoms in total. The number of amides is 2. The summed E-state index contributed by atoms with van der Waals surface area (Å²) < 4.78 is 5.13. The Balaban J connectivity index is 1.88. The van der Waals surface area contributed by atoms with Crippen LogP contribution in [0.25, 0.3) is 0 Å². The zero-order valence-corrected chi connectivity index (χ0v) is 15.8.